The highest BCUT2D eigenvalue weighted by Crippen LogP contribution is 2.21. The van der Waals surface area contributed by atoms with Crippen LogP contribution in [0.1, 0.15) is 11.1 Å². The minimum Gasteiger partial charge on any atom is -0.306 e. The lowest BCUT2D eigenvalue weighted by molar-refractivity contribution is 1.19. The molecule has 0 unspecified atom stereocenters. The molecule has 0 saturated heterocycles. The summed E-state index contributed by atoms with van der Waals surface area (Å²) in [6, 6.07) is 12.5. The molecule has 0 fully saturated rings. The Morgan fingerprint density at radius 3 is 2.56 bits per heavy atom. The van der Waals surface area contributed by atoms with Crippen molar-refractivity contribution in [2.24, 2.45) is 0 Å². The molecule has 0 radical (unpaired) electrons. The van der Waals surface area contributed by atoms with E-state index in [1.54, 1.807) is 0 Å². The van der Waals surface area contributed by atoms with Crippen LogP contribution in [-0.4, -0.2) is 9.38 Å². The molecule has 2 aromatic heterocycles. The van der Waals surface area contributed by atoms with E-state index >= 15 is 0 Å². The van der Waals surface area contributed by atoms with Crippen molar-refractivity contribution in [2.45, 2.75) is 13.8 Å². The van der Waals surface area contributed by atoms with E-state index in [9.17, 15) is 0 Å². The fourth-order valence-corrected chi connectivity index (χ4v) is 1.97. The summed E-state index contributed by atoms with van der Waals surface area (Å²) in [5.41, 5.74) is 5.81. The first-order valence-corrected chi connectivity index (χ1v) is 5.75. The van der Waals surface area contributed by atoms with Gasteiger partial charge in [0, 0.05) is 18.0 Å². The number of halogens is 1. The number of aryl methyl sites for hydroxylation is 2. The van der Waals surface area contributed by atoms with Crippen LogP contribution in [-0.2, 0) is 0 Å². The Hall–Kier alpha value is -1.80. The number of aromatic nitrogens is 2. The Morgan fingerprint density at radius 1 is 1.00 bits per heavy atom. The van der Waals surface area contributed by atoms with Gasteiger partial charge in [-0.15, -0.1) is 12.4 Å². The van der Waals surface area contributed by atoms with Gasteiger partial charge in [-0.2, -0.15) is 0 Å². The predicted octanol–water partition coefficient (Wildman–Crippen LogP) is 4.04. The van der Waals surface area contributed by atoms with Crippen LogP contribution in [0, 0.1) is 13.8 Å². The van der Waals surface area contributed by atoms with Crippen molar-refractivity contribution in [1.29, 1.82) is 0 Å². The van der Waals surface area contributed by atoms with Gasteiger partial charge in [0.25, 0.3) is 0 Å². The first-order valence-electron chi connectivity index (χ1n) is 5.75. The Bertz CT molecular complexity index is 653. The van der Waals surface area contributed by atoms with Gasteiger partial charge in [0.05, 0.1) is 5.69 Å². The van der Waals surface area contributed by atoms with E-state index in [0.29, 0.717) is 0 Å². The van der Waals surface area contributed by atoms with Crippen molar-refractivity contribution in [1.82, 2.24) is 9.38 Å². The quantitative estimate of drug-likeness (QED) is 0.644. The van der Waals surface area contributed by atoms with Crippen molar-refractivity contribution in [2.75, 3.05) is 0 Å². The lowest BCUT2D eigenvalue weighted by Crippen LogP contribution is -1.83. The lowest BCUT2D eigenvalue weighted by Gasteiger charge is -2.01. The first kappa shape index (κ1) is 12.7. The van der Waals surface area contributed by atoms with Gasteiger partial charge in [-0.3, -0.25) is 0 Å². The average molecular weight is 259 g/mol. The standard InChI is InChI=1S/C15H14N2.ClH/c1-11-6-7-13(9-12(11)2)14-10-17-8-4-3-5-15(17)16-14;/h3-10H,1-2H3;1H. The minimum atomic E-state index is 0. The second kappa shape index (κ2) is 4.83. The van der Waals surface area contributed by atoms with Crippen LogP contribution in [0.3, 0.4) is 0 Å². The summed E-state index contributed by atoms with van der Waals surface area (Å²) in [4.78, 5) is 4.62. The summed E-state index contributed by atoms with van der Waals surface area (Å²) in [5, 5.41) is 0. The summed E-state index contributed by atoms with van der Waals surface area (Å²) < 4.78 is 2.05. The van der Waals surface area contributed by atoms with Gasteiger partial charge in [0.1, 0.15) is 5.65 Å². The molecule has 3 heteroatoms. The molecule has 2 heterocycles. The second-order valence-corrected chi connectivity index (χ2v) is 4.39. The molecule has 0 amide bonds. The van der Waals surface area contributed by atoms with Gasteiger partial charge < -0.3 is 4.40 Å². The molecule has 0 aliphatic heterocycles. The van der Waals surface area contributed by atoms with Gasteiger partial charge in [-0.25, -0.2) is 4.98 Å². The fraction of sp³-hybridized carbons (Fsp3) is 0.133. The monoisotopic (exact) mass is 258 g/mol. The predicted molar refractivity (Wildman–Crippen MR) is 77.4 cm³/mol. The molecule has 0 atom stereocenters. The van der Waals surface area contributed by atoms with E-state index in [1.807, 2.05) is 28.8 Å². The summed E-state index contributed by atoms with van der Waals surface area (Å²) >= 11 is 0. The van der Waals surface area contributed by atoms with Crippen molar-refractivity contribution in [3.8, 4) is 11.3 Å². The molecular weight excluding hydrogens is 244 g/mol. The molecular formula is C15H15ClN2. The highest BCUT2D eigenvalue weighted by atomic mass is 35.5. The third-order valence-electron chi connectivity index (χ3n) is 3.17. The molecule has 18 heavy (non-hydrogen) atoms. The maximum Gasteiger partial charge on any atom is 0.137 e. The maximum atomic E-state index is 4.62. The Morgan fingerprint density at radius 2 is 1.83 bits per heavy atom. The van der Waals surface area contributed by atoms with Crippen LogP contribution < -0.4 is 0 Å². The number of hydrogen-bond acceptors (Lipinski definition) is 1. The molecule has 0 aliphatic carbocycles. The van der Waals surface area contributed by atoms with Crippen LogP contribution in [0.4, 0.5) is 0 Å². The van der Waals surface area contributed by atoms with Gasteiger partial charge in [-0.05, 0) is 43.2 Å². The number of benzene rings is 1. The van der Waals surface area contributed by atoms with Crippen LogP contribution >= 0.6 is 12.4 Å². The number of nitrogens with zero attached hydrogens (tertiary/aromatic N) is 2. The SMILES string of the molecule is Cc1ccc(-c2cn3ccccc3n2)cc1C.Cl. The van der Waals surface area contributed by atoms with Gasteiger partial charge in [0.2, 0.25) is 0 Å². The first-order chi connectivity index (χ1) is 8.24. The molecule has 1 aromatic carbocycles. The van der Waals surface area contributed by atoms with Crippen molar-refractivity contribution < 1.29 is 0 Å². The zero-order chi connectivity index (χ0) is 11.8. The molecule has 0 aliphatic rings. The largest absolute Gasteiger partial charge is 0.306 e. The van der Waals surface area contributed by atoms with Crippen LogP contribution in [0.15, 0.2) is 48.8 Å². The van der Waals surface area contributed by atoms with Gasteiger partial charge in [0.15, 0.2) is 0 Å². The Balaban J connectivity index is 0.00000120. The van der Waals surface area contributed by atoms with E-state index in [0.717, 1.165) is 11.3 Å². The maximum absolute atomic E-state index is 4.62. The summed E-state index contributed by atoms with van der Waals surface area (Å²) in [6.07, 6.45) is 4.09. The van der Waals surface area contributed by atoms with E-state index in [1.165, 1.54) is 16.7 Å². The summed E-state index contributed by atoms with van der Waals surface area (Å²) in [7, 11) is 0. The van der Waals surface area contributed by atoms with Crippen molar-refractivity contribution in [3.05, 3.63) is 59.9 Å². The van der Waals surface area contributed by atoms with Crippen molar-refractivity contribution in [3.63, 3.8) is 0 Å². The molecule has 92 valence electrons. The smallest absolute Gasteiger partial charge is 0.137 e. The molecule has 3 aromatic rings. The number of fused-ring (bicyclic) bond motifs is 1. The summed E-state index contributed by atoms with van der Waals surface area (Å²) in [5.74, 6) is 0. The lowest BCUT2D eigenvalue weighted by atomic mass is 10.1. The molecule has 2 nitrogen and oxygen atoms in total. The summed E-state index contributed by atoms with van der Waals surface area (Å²) in [6.45, 7) is 4.26. The highest BCUT2D eigenvalue weighted by molar-refractivity contribution is 5.85. The average Bonchev–Trinajstić information content (AvgIpc) is 2.76. The van der Waals surface area contributed by atoms with Crippen LogP contribution in [0.25, 0.3) is 16.9 Å². The third-order valence-corrected chi connectivity index (χ3v) is 3.17. The van der Waals surface area contributed by atoms with Gasteiger partial charge >= 0.3 is 0 Å². The molecule has 0 spiro atoms. The molecule has 0 bridgehead atoms. The minimum absolute atomic E-state index is 0. The zero-order valence-electron chi connectivity index (χ0n) is 10.4. The van der Waals surface area contributed by atoms with Crippen molar-refractivity contribution >= 4 is 18.1 Å². The fourth-order valence-electron chi connectivity index (χ4n) is 1.97. The Kier molecular flexibility index (Phi) is 3.39. The van der Waals surface area contributed by atoms with Gasteiger partial charge in [-0.1, -0.05) is 18.2 Å². The third kappa shape index (κ3) is 2.12. The van der Waals surface area contributed by atoms with E-state index < -0.39 is 0 Å². The van der Waals surface area contributed by atoms with E-state index in [2.05, 4.69) is 43.2 Å². The van der Waals surface area contributed by atoms with Crippen LogP contribution in [0.2, 0.25) is 0 Å². The topological polar surface area (TPSA) is 17.3 Å². The number of hydrogen-bond donors (Lipinski definition) is 0. The number of rotatable bonds is 1. The Labute approximate surface area is 113 Å². The van der Waals surface area contributed by atoms with E-state index in [4.69, 9.17) is 0 Å². The number of pyridine rings is 1. The second-order valence-electron chi connectivity index (χ2n) is 4.39. The molecule has 0 saturated carbocycles. The molecule has 3 rings (SSSR count). The van der Waals surface area contributed by atoms with Crippen LogP contribution in [0.5, 0.6) is 0 Å². The zero-order valence-corrected chi connectivity index (χ0v) is 11.2. The normalized spacial score (nSPS) is 10.3. The highest BCUT2D eigenvalue weighted by Gasteiger charge is 2.04. The number of imidazole rings is 1. The molecule has 0 N–H and O–H groups in total. The van der Waals surface area contributed by atoms with E-state index in [-0.39, 0.29) is 12.4 Å².